The molecule has 0 fully saturated rings. The second-order valence-electron chi connectivity index (χ2n) is 6.63. The Morgan fingerprint density at radius 1 is 0.938 bits per heavy atom. The van der Waals surface area contributed by atoms with Gasteiger partial charge in [-0.25, -0.2) is 4.98 Å². The van der Waals surface area contributed by atoms with Crippen molar-refractivity contribution in [3.05, 3.63) is 59.6 Å². The van der Waals surface area contributed by atoms with Gasteiger partial charge in [-0.2, -0.15) is 0 Å². The van der Waals surface area contributed by atoms with Crippen LogP contribution in [-0.4, -0.2) is 34.7 Å². The van der Waals surface area contributed by atoms with Crippen molar-refractivity contribution in [1.29, 1.82) is 0 Å². The molecule has 0 unspecified atom stereocenters. The molecule has 0 aliphatic heterocycles. The quantitative estimate of drug-likeness (QED) is 0.378. The van der Waals surface area contributed by atoms with Crippen molar-refractivity contribution in [3.63, 3.8) is 0 Å². The maximum absolute atomic E-state index is 12.4. The minimum Gasteiger partial charge on any atom is -0.326 e. The molecule has 0 bridgehead atoms. The molecule has 0 radical (unpaired) electrons. The van der Waals surface area contributed by atoms with Gasteiger partial charge in [-0.3, -0.25) is 14.4 Å². The molecule has 0 atom stereocenters. The number of nitrogens with one attached hydrogen (secondary N) is 3. The average molecular weight is 487 g/mol. The maximum Gasteiger partial charge on any atom is 0.234 e. The Kier molecular flexibility index (Phi) is 8.72. The fourth-order valence-electron chi connectivity index (χ4n) is 2.71. The summed E-state index contributed by atoms with van der Waals surface area (Å²) in [4.78, 5) is 41.1. The van der Waals surface area contributed by atoms with Gasteiger partial charge in [0.05, 0.1) is 23.6 Å². The maximum atomic E-state index is 12.4. The normalized spacial score (nSPS) is 10.4. The number of thiazole rings is 1. The molecule has 0 saturated carbocycles. The summed E-state index contributed by atoms with van der Waals surface area (Å²) in [7, 11) is 0. The molecule has 32 heavy (non-hydrogen) atoms. The molecule has 0 saturated heterocycles. The Hall–Kier alpha value is -2.82. The second-order valence-corrected chi connectivity index (χ2v) is 9.55. The summed E-state index contributed by atoms with van der Waals surface area (Å²) in [5, 5.41) is 10.2. The van der Waals surface area contributed by atoms with Gasteiger partial charge in [-0.05, 0) is 42.7 Å². The predicted octanol–water partition coefficient (Wildman–Crippen LogP) is 4.74. The third kappa shape index (κ3) is 7.40. The molecule has 3 aromatic rings. The highest BCUT2D eigenvalue weighted by atomic mass is 32.2. The number of benzene rings is 2. The van der Waals surface area contributed by atoms with Crippen molar-refractivity contribution in [1.82, 2.24) is 4.98 Å². The summed E-state index contributed by atoms with van der Waals surface area (Å²) in [5.74, 6) is -0.240. The standard InChI is InChI=1S/C22H22N4O3S3/c1-14(27)23-15-7-9-16(10-8-15)24-21(29)13-32-22-25-17(12-31-22)11-20(28)26-18-5-3-4-6-19(18)30-2/h3-10,12H,11,13H2,1-2H3,(H,23,27)(H,24,29)(H,26,28). The Bertz CT molecular complexity index is 1100. The summed E-state index contributed by atoms with van der Waals surface area (Å²) in [6.45, 7) is 1.44. The lowest BCUT2D eigenvalue weighted by molar-refractivity contribution is -0.116. The van der Waals surface area contributed by atoms with E-state index in [1.807, 2.05) is 35.9 Å². The van der Waals surface area contributed by atoms with E-state index in [0.717, 1.165) is 14.9 Å². The number of aromatic nitrogens is 1. The zero-order valence-corrected chi connectivity index (χ0v) is 20.0. The smallest absolute Gasteiger partial charge is 0.234 e. The van der Waals surface area contributed by atoms with Gasteiger partial charge in [0.15, 0.2) is 4.34 Å². The lowest BCUT2D eigenvalue weighted by atomic mass is 10.3. The van der Waals surface area contributed by atoms with E-state index in [-0.39, 0.29) is 29.9 Å². The number of rotatable bonds is 9. The molecule has 3 amide bonds. The largest absolute Gasteiger partial charge is 0.326 e. The van der Waals surface area contributed by atoms with E-state index >= 15 is 0 Å². The molecule has 2 aromatic carbocycles. The predicted molar refractivity (Wildman–Crippen MR) is 133 cm³/mol. The molecular weight excluding hydrogens is 464 g/mol. The van der Waals surface area contributed by atoms with Crippen molar-refractivity contribution in [2.45, 2.75) is 22.6 Å². The van der Waals surface area contributed by atoms with Gasteiger partial charge in [0, 0.05) is 28.6 Å². The van der Waals surface area contributed by atoms with Gasteiger partial charge >= 0.3 is 0 Å². The van der Waals surface area contributed by atoms with Gasteiger partial charge in [-0.1, -0.05) is 23.9 Å². The number of para-hydroxylation sites is 1. The number of nitrogens with zero attached hydrogens (tertiary/aromatic N) is 1. The highest BCUT2D eigenvalue weighted by Crippen LogP contribution is 2.26. The van der Waals surface area contributed by atoms with Crippen molar-refractivity contribution in [3.8, 4) is 0 Å². The van der Waals surface area contributed by atoms with Crippen molar-refractivity contribution < 1.29 is 14.4 Å². The van der Waals surface area contributed by atoms with Crippen LogP contribution in [0.5, 0.6) is 0 Å². The number of hydrogen-bond acceptors (Lipinski definition) is 7. The minimum absolute atomic E-state index is 0.131. The number of carbonyl (C=O) groups excluding carboxylic acids is 3. The number of hydrogen-bond donors (Lipinski definition) is 3. The molecular formula is C22H22N4O3S3. The Morgan fingerprint density at radius 2 is 1.62 bits per heavy atom. The van der Waals surface area contributed by atoms with Crippen LogP contribution in [0.3, 0.4) is 0 Å². The van der Waals surface area contributed by atoms with E-state index in [1.165, 1.54) is 30.0 Å². The fourth-order valence-corrected chi connectivity index (χ4v) is 4.91. The first-order valence-electron chi connectivity index (χ1n) is 9.60. The SMILES string of the molecule is CSc1ccccc1NC(=O)Cc1csc(SCC(=O)Nc2ccc(NC(C)=O)cc2)n1. The van der Waals surface area contributed by atoms with E-state index in [2.05, 4.69) is 20.9 Å². The van der Waals surface area contributed by atoms with Crippen LogP contribution in [0.25, 0.3) is 0 Å². The van der Waals surface area contributed by atoms with E-state index < -0.39 is 0 Å². The second kappa shape index (κ2) is 11.7. The molecule has 0 aliphatic carbocycles. The van der Waals surface area contributed by atoms with Crippen molar-refractivity contribution in [2.24, 2.45) is 0 Å². The Balaban J connectivity index is 1.46. The van der Waals surface area contributed by atoms with E-state index in [0.29, 0.717) is 17.1 Å². The highest BCUT2D eigenvalue weighted by Gasteiger charge is 2.12. The van der Waals surface area contributed by atoms with Crippen molar-refractivity contribution >= 4 is 69.6 Å². The first-order valence-corrected chi connectivity index (χ1v) is 12.7. The molecule has 10 heteroatoms. The average Bonchev–Trinajstić information content (AvgIpc) is 3.21. The topological polar surface area (TPSA) is 100 Å². The van der Waals surface area contributed by atoms with Gasteiger partial charge < -0.3 is 16.0 Å². The van der Waals surface area contributed by atoms with Crippen LogP contribution in [0.1, 0.15) is 12.6 Å². The molecule has 3 N–H and O–H groups in total. The molecule has 0 spiro atoms. The van der Waals surface area contributed by atoms with Gasteiger partial charge in [0.1, 0.15) is 0 Å². The third-order valence-electron chi connectivity index (χ3n) is 4.07. The van der Waals surface area contributed by atoms with Crippen LogP contribution in [0.15, 0.2) is 63.1 Å². The number of anilines is 3. The van der Waals surface area contributed by atoms with Crippen LogP contribution in [0, 0.1) is 0 Å². The van der Waals surface area contributed by atoms with E-state index in [1.54, 1.807) is 36.0 Å². The monoisotopic (exact) mass is 486 g/mol. The zero-order chi connectivity index (χ0) is 22.9. The van der Waals surface area contributed by atoms with Crippen LogP contribution < -0.4 is 16.0 Å². The van der Waals surface area contributed by atoms with Gasteiger partial charge in [0.2, 0.25) is 17.7 Å². The van der Waals surface area contributed by atoms with Crippen LogP contribution in [0.2, 0.25) is 0 Å². The number of carbonyl (C=O) groups is 3. The van der Waals surface area contributed by atoms with E-state index in [4.69, 9.17) is 0 Å². The van der Waals surface area contributed by atoms with Crippen LogP contribution in [-0.2, 0) is 20.8 Å². The summed E-state index contributed by atoms with van der Waals surface area (Å²) in [6, 6.07) is 14.5. The van der Waals surface area contributed by atoms with Crippen molar-refractivity contribution in [2.75, 3.05) is 28.0 Å². The van der Waals surface area contributed by atoms with E-state index in [9.17, 15) is 14.4 Å². The molecule has 7 nitrogen and oxygen atoms in total. The molecule has 166 valence electrons. The lowest BCUT2D eigenvalue weighted by Gasteiger charge is -2.08. The molecule has 1 aromatic heterocycles. The van der Waals surface area contributed by atoms with Crippen LogP contribution in [0.4, 0.5) is 17.1 Å². The molecule has 3 rings (SSSR count). The van der Waals surface area contributed by atoms with Gasteiger partial charge in [-0.15, -0.1) is 23.1 Å². The summed E-state index contributed by atoms with van der Waals surface area (Å²) in [6.07, 6.45) is 2.14. The van der Waals surface area contributed by atoms with Crippen LogP contribution >= 0.6 is 34.9 Å². The first-order chi connectivity index (χ1) is 15.4. The summed E-state index contributed by atoms with van der Waals surface area (Å²) >= 11 is 4.30. The molecule has 0 aliphatic rings. The first kappa shape index (κ1) is 23.8. The number of amides is 3. The minimum atomic E-state index is -0.162. The van der Waals surface area contributed by atoms with Gasteiger partial charge in [0.25, 0.3) is 0 Å². The summed E-state index contributed by atoms with van der Waals surface area (Å²) < 4.78 is 0.730. The fraction of sp³-hybridized carbons (Fsp3) is 0.182. The Labute approximate surface area is 198 Å². The summed E-state index contributed by atoms with van der Waals surface area (Å²) in [5.41, 5.74) is 2.77. The zero-order valence-electron chi connectivity index (χ0n) is 17.5. The Morgan fingerprint density at radius 3 is 2.31 bits per heavy atom. The third-order valence-corrected chi connectivity index (χ3v) is 6.93. The molecule has 1 heterocycles. The number of thioether (sulfide) groups is 2. The highest BCUT2D eigenvalue weighted by molar-refractivity contribution is 8.01. The lowest BCUT2D eigenvalue weighted by Crippen LogP contribution is -2.15.